The van der Waals surface area contributed by atoms with Crippen molar-refractivity contribution in [3.63, 3.8) is 0 Å². The first-order valence-corrected chi connectivity index (χ1v) is 5.50. The van der Waals surface area contributed by atoms with E-state index in [0.717, 1.165) is 15.5 Å². The number of benzene rings is 2. The van der Waals surface area contributed by atoms with Gasteiger partial charge in [0.1, 0.15) is 12.9 Å². The number of pyridine rings is 1. The van der Waals surface area contributed by atoms with E-state index in [9.17, 15) is 9.18 Å². The zero-order valence-corrected chi connectivity index (χ0v) is 9.68. The summed E-state index contributed by atoms with van der Waals surface area (Å²) in [6, 6.07) is 11.5. The predicted molar refractivity (Wildman–Crippen MR) is 68.2 cm³/mol. The lowest BCUT2D eigenvalue weighted by atomic mass is 10.1. The predicted octanol–water partition coefficient (Wildman–Crippen LogP) is 2.35. The summed E-state index contributed by atoms with van der Waals surface area (Å²) in [7, 11) is 1.39. The monoisotopic (exact) mass is 243 g/mol. The highest BCUT2D eigenvalue weighted by Gasteiger charge is 2.11. The molecule has 18 heavy (non-hydrogen) atoms. The summed E-state index contributed by atoms with van der Waals surface area (Å²) in [5.41, 5.74) is 0.146. The lowest BCUT2D eigenvalue weighted by molar-refractivity contribution is 0.170. The summed E-state index contributed by atoms with van der Waals surface area (Å²) >= 11 is 0. The van der Waals surface area contributed by atoms with Crippen molar-refractivity contribution in [3.8, 4) is 0 Å². The van der Waals surface area contributed by atoms with Gasteiger partial charge in [-0.25, -0.2) is 4.39 Å². The van der Waals surface area contributed by atoms with Gasteiger partial charge in [-0.3, -0.25) is 4.79 Å². The molecule has 0 N–H and O–H groups in total. The molecule has 0 aliphatic heterocycles. The Morgan fingerprint density at radius 3 is 2.50 bits per heavy atom. The quantitative estimate of drug-likeness (QED) is 0.614. The van der Waals surface area contributed by atoms with Crippen LogP contribution >= 0.6 is 0 Å². The molecule has 0 bridgehead atoms. The normalized spacial score (nSPS) is 11.0. The summed E-state index contributed by atoms with van der Waals surface area (Å²) < 4.78 is 14.4. The van der Waals surface area contributed by atoms with Crippen LogP contribution in [0.15, 0.2) is 47.3 Å². The molecule has 3 aromatic rings. The van der Waals surface area contributed by atoms with Crippen molar-refractivity contribution in [1.29, 1.82) is 0 Å². The minimum Gasteiger partial charge on any atom is -0.413 e. The summed E-state index contributed by atoms with van der Waals surface area (Å²) in [5, 5.41) is 2.14. The highest BCUT2D eigenvalue weighted by atomic mass is 19.1. The average molecular weight is 243 g/mol. The smallest absolute Gasteiger partial charge is 0.291 e. The third-order valence-electron chi connectivity index (χ3n) is 2.99. The van der Waals surface area contributed by atoms with E-state index >= 15 is 0 Å². The summed E-state index contributed by atoms with van der Waals surface area (Å²) in [6.07, 6.45) is 0. The second-order valence-electron chi connectivity index (χ2n) is 3.99. The Morgan fingerprint density at radius 1 is 1.06 bits per heavy atom. The third-order valence-corrected chi connectivity index (χ3v) is 2.99. The molecule has 4 heteroatoms. The second-order valence-corrected chi connectivity index (χ2v) is 3.99. The maximum Gasteiger partial charge on any atom is 0.291 e. The Labute approximate surface area is 102 Å². The van der Waals surface area contributed by atoms with Gasteiger partial charge in [-0.15, -0.1) is 4.73 Å². The maximum atomic E-state index is 13.3. The molecule has 1 aromatic heterocycles. The minimum absolute atomic E-state index is 0.286. The number of halogens is 1. The van der Waals surface area contributed by atoms with Gasteiger partial charge in [0, 0.05) is 11.5 Å². The summed E-state index contributed by atoms with van der Waals surface area (Å²) in [4.78, 5) is 17.3. The Morgan fingerprint density at radius 2 is 1.78 bits per heavy atom. The SMILES string of the molecule is COn1c(=O)c2ccccc2c2ccc(F)cc21. The number of nitrogens with zero attached hydrogens (tertiary/aromatic N) is 1. The Hall–Kier alpha value is -2.36. The largest absolute Gasteiger partial charge is 0.413 e. The average Bonchev–Trinajstić information content (AvgIpc) is 2.39. The molecule has 3 nitrogen and oxygen atoms in total. The molecular formula is C14H10FNO2. The van der Waals surface area contributed by atoms with E-state index in [1.54, 1.807) is 18.2 Å². The Bertz CT molecular complexity index is 808. The van der Waals surface area contributed by atoms with Crippen LogP contribution in [0.1, 0.15) is 0 Å². The zero-order chi connectivity index (χ0) is 12.7. The van der Waals surface area contributed by atoms with Crippen LogP contribution in [0.25, 0.3) is 21.7 Å². The van der Waals surface area contributed by atoms with E-state index in [1.807, 2.05) is 12.1 Å². The molecule has 0 fully saturated rings. The number of fused-ring (bicyclic) bond motifs is 3. The van der Waals surface area contributed by atoms with Crippen molar-refractivity contribution in [2.75, 3.05) is 7.11 Å². The lowest BCUT2D eigenvalue weighted by Gasteiger charge is -2.10. The van der Waals surface area contributed by atoms with Gasteiger partial charge in [-0.1, -0.05) is 18.2 Å². The van der Waals surface area contributed by atoms with Crippen LogP contribution in [0, 0.1) is 5.82 Å². The van der Waals surface area contributed by atoms with E-state index in [-0.39, 0.29) is 5.56 Å². The molecule has 0 spiro atoms. The van der Waals surface area contributed by atoms with Gasteiger partial charge >= 0.3 is 0 Å². The fraction of sp³-hybridized carbons (Fsp3) is 0.0714. The molecule has 0 aliphatic carbocycles. The molecule has 1 heterocycles. The van der Waals surface area contributed by atoms with Gasteiger partial charge in [0.2, 0.25) is 0 Å². The van der Waals surface area contributed by atoms with Gasteiger partial charge in [-0.05, 0) is 23.6 Å². The highest BCUT2D eigenvalue weighted by molar-refractivity contribution is 6.05. The molecule has 0 unspecified atom stereocenters. The maximum absolute atomic E-state index is 13.3. The van der Waals surface area contributed by atoms with Gasteiger partial charge < -0.3 is 4.84 Å². The minimum atomic E-state index is -0.400. The fourth-order valence-corrected chi connectivity index (χ4v) is 2.21. The van der Waals surface area contributed by atoms with E-state index in [2.05, 4.69) is 0 Å². The molecule has 0 amide bonds. The van der Waals surface area contributed by atoms with Gasteiger partial charge in [0.25, 0.3) is 5.56 Å². The van der Waals surface area contributed by atoms with Crippen molar-refractivity contribution in [2.45, 2.75) is 0 Å². The Balaban J connectivity index is 2.66. The Kier molecular flexibility index (Phi) is 2.30. The summed E-state index contributed by atoms with van der Waals surface area (Å²) in [5.74, 6) is -0.400. The second kappa shape index (κ2) is 3.84. The van der Waals surface area contributed by atoms with Gasteiger partial charge in [-0.2, -0.15) is 0 Å². The van der Waals surface area contributed by atoms with Crippen molar-refractivity contribution >= 4 is 21.7 Å². The molecule has 0 atom stereocenters. The lowest BCUT2D eigenvalue weighted by Crippen LogP contribution is -2.25. The fourth-order valence-electron chi connectivity index (χ4n) is 2.21. The molecular weight excluding hydrogens is 233 g/mol. The number of aromatic nitrogens is 1. The van der Waals surface area contributed by atoms with Crippen molar-refractivity contribution < 1.29 is 9.23 Å². The van der Waals surface area contributed by atoms with Gasteiger partial charge in [0.05, 0.1) is 10.9 Å². The third kappa shape index (κ3) is 1.39. The van der Waals surface area contributed by atoms with E-state index in [4.69, 9.17) is 4.84 Å². The molecule has 0 saturated carbocycles. The van der Waals surface area contributed by atoms with Crippen molar-refractivity contribution in [3.05, 3.63) is 58.6 Å². The molecule has 3 rings (SSSR count). The molecule has 90 valence electrons. The van der Waals surface area contributed by atoms with Crippen LogP contribution in [0.2, 0.25) is 0 Å². The molecule has 0 saturated heterocycles. The number of hydrogen-bond donors (Lipinski definition) is 0. The summed E-state index contributed by atoms with van der Waals surface area (Å²) in [6.45, 7) is 0. The first-order valence-electron chi connectivity index (χ1n) is 5.50. The van der Waals surface area contributed by atoms with E-state index in [1.165, 1.54) is 19.2 Å². The van der Waals surface area contributed by atoms with Crippen LogP contribution in [0.4, 0.5) is 4.39 Å². The molecule has 0 aliphatic rings. The van der Waals surface area contributed by atoms with Crippen LogP contribution in [-0.2, 0) is 0 Å². The zero-order valence-electron chi connectivity index (χ0n) is 9.68. The first-order chi connectivity index (χ1) is 8.72. The van der Waals surface area contributed by atoms with Crippen molar-refractivity contribution in [2.24, 2.45) is 0 Å². The van der Waals surface area contributed by atoms with E-state index in [0.29, 0.717) is 10.9 Å². The molecule has 2 aromatic carbocycles. The first kappa shape index (κ1) is 10.8. The van der Waals surface area contributed by atoms with Gasteiger partial charge in [0.15, 0.2) is 0 Å². The molecule has 0 radical (unpaired) electrons. The van der Waals surface area contributed by atoms with E-state index < -0.39 is 5.82 Å². The van der Waals surface area contributed by atoms with Crippen LogP contribution in [0.3, 0.4) is 0 Å². The van der Waals surface area contributed by atoms with Crippen LogP contribution in [0.5, 0.6) is 0 Å². The highest BCUT2D eigenvalue weighted by Crippen LogP contribution is 2.22. The van der Waals surface area contributed by atoms with Crippen molar-refractivity contribution in [1.82, 2.24) is 4.73 Å². The topological polar surface area (TPSA) is 31.2 Å². The van der Waals surface area contributed by atoms with Crippen LogP contribution in [-0.4, -0.2) is 11.8 Å². The number of hydrogen-bond acceptors (Lipinski definition) is 2. The standard InChI is InChI=1S/C14H10FNO2/c1-18-16-13-8-9(15)6-7-11(13)10-4-2-3-5-12(10)14(16)17/h2-8H,1H3. The number of rotatable bonds is 1. The van der Waals surface area contributed by atoms with Crippen LogP contribution < -0.4 is 10.4 Å².